The predicted molar refractivity (Wildman–Crippen MR) is 104 cm³/mol. The molecule has 3 aromatic rings. The molecule has 0 bridgehead atoms. The van der Waals surface area contributed by atoms with Crippen LogP contribution in [0.4, 0.5) is 0 Å². The van der Waals surface area contributed by atoms with Gasteiger partial charge in [0.2, 0.25) is 0 Å². The molecule has 0 spiro atoms. The third-order valence-corrected chi connectivity index (χ3v) is 7.05. The lowest BCUT2D eigenvalue weighted by Crippen LogP contribution is -2.43. The first-order chi connectivity index (χ1) is 12.7. The summed E-state index contributed by atoms with van der Waals surface area (Å²) < 4.78 is 3.84. The smallest absolute Gasteiger partial charge is 0.115 e. The number of aromatic nitrogens is 3. The number of imidazole rings is 1. The number of likely N-dealkylation sites (N-methyl/N-ethyl adjacent to an activating group) is 1. The zero-order valence-corrected chi connectivity index (χ0v) is 15.9. The largest absolute Gasteiger partial charge is 0.323 e. The van der Waals surface area contributed by atoms with Crippen LogP contribution in [0.1, 0.15) is 49.9 Å². The lowest BCUT2D eigenvalue weighted by Gasteiger charge is -2.38. The van der Waals surface area contributed by atoms with Gasteiger partial charge in [-0.2, -0.15) is 5.26 Å². The molecule has 1 aliphatic carbocycles. The van der Waals surface area contributed by atoms with E-state index in [0.717, 1.165) is 49.8 Å². The Balaban J connectivity index is 1.60. The number of nitrogens with zero attached hydrogens (tertiary/aromatic N) is 5. The summed E-state index contributed by atoms with van der Waals surface area (Å²) in [6.45, 7) is 2.18. The summed E-state index contributed by atoms with van der Waals surface area (Å²) in [6, 6.07) is 4.97. The Morgan fingerprint density at radius 3 is 2.77 bits per heavy atom. The molecule has 2 aliphatic rings. The van der Waals surface area contributed by atoms with Gasteiger partial charge in [0, 0.05) is 31.5 Å². The maximum atomic E-state index is 9.01. The summed E-state index contributed by atoms with van der Waals surface area (Å²) in [5, 5.41) is 11.1. The van der Waals surface area contributed by atoms with E-state index in [1.165, 1.54) is 16.0 Å². The van der Waals surface area contributed by atoms with Crippen molar-refractivity contribution >= 4 is 32.6 Å². The summed E-state index contributed by atoms with van der Waals surface area (Å²) in [4.78, 5) is 12.0. The van der Waals surface area contributed by atoms with E-state index in [4.69, 9.17) is 10.2 Å². The van der Waals surface area contributed by atoms with Gasteiger partial charge in [-0.05, 0) is 50.1 Å². The van der Waals surface area contributed by atoms with Crippen LogP contribution in [-0.4, -0.2) is 39.6 Å². The molecule has 3 aromatic heterocycles. The molecule has 5 rings (SSSR count). The third-order valence-electron chi connectivity index (χ3n) is 6.14. The van der Waals surface area contributed by atoms with Gasteiger partial charge in [-0.1, -0.05) is 0 Å². The molecule has 0 atom stereocenters. The van der Waals surface area contributed by atoms with Gasteiger partial charge in [0.05, 0.1) is 28.0 Å². The summed E-state index contributed by atoms with van der Waals surface area (Å²) in [6.07, 6.45) is 7.27. The summed E-state index contributed by atoms with van der Waals surface area (Å²) in [7, 11) is 2.18. The maximum Gasteiger partial charge on any atom is 0.115 e. The van der Waals surface area contributed by atoms with Crippen molar-refractivity contribution in [1.82, 2.24) is 19.4 Å². The fraction of sp³-hybridized carbons (Fsp3) is 0.550. The molecule has 0 radical (unpaired) electrons. The molecule has 0 amide bonds. The van der Waals surface area contributed by atoms with E-state index >= 15 is 0 Å². The van der Waals surface area contributed by atoms with Crippen LogP contribution in [0.25, 0.3) is 21.3 Å². The third kappa shape index (κ3) is 2.53. The molecule has 4 heterocycles. The number of rotatable bonds is 3. The normalized spacial score (nSPS) is 24.8. The molecule has 1 saturated carbocycles. The zero-order chi connectivity index (χ0) is 17.7. The second-order valence-electron chi connectivity index (χ2n) is 7.92. The van der Waals surface area contributed by atoms with E-state index in [1.54, 1.807) is 11.3 Å². The van der Waals surface area contributed by atoms with Crippen molar-refractivity contribution in [2.75, 3.05) is 20.1 Å². The molecule has 0 aromatic carbocycles. The summed E-state index contributed by atoms with van der Waals surface area (Å²) in [5.74, 6) is 2.36. The van der Waals surface area contributed by atoms with E-state index in [1.807, 2.05) is 6.20 Å². The molecular weight excluding hydrogens is 342 g/mol. The summed E-state index contributed by atoms with van der Waals surface area (Å²) >= 11 is 1.78. The van der Waals surface area contributed by atoms with Crippen LogP contribution >= 0.6 is 11.3 Å². The predicted octanol–water partition coefficient (Wildman–Crippen LogP) is 4.32. The Morgan fingerprint density at radius 1 is 1.23 bits per heavy atom. The Labute approximate surface area is 157 Å². The second-order valence-corrected chi connectivity index (χ2v) is 8.84. The van der Waals surface area contributed by atoms with Gasteiger partial charge in [0.1, 0.15) is 11.3 Å². The van der Waals surface area contributed by atoms with Crippen LogP contribution in [0, 0.1) is 17.2 Å². The van der Waals surface area contributed by atoms with Crippen molar-refractivity contribution in [1.29, 1.82) is 5.26 Å². The highest BCUT2D eigenvalue weighted by Crippen LogP contribution is 2.41. The molecular formula is C20H23N5S. The van der Waals surface area contributed by atoms with E-state index in [2.05, 4.69) is 39.0 Å². The first-order valence-electron chi connectivity index (χ1n) is 9.54. The van der Waals surface area contributed by atoms with E-state index in [9.17, 15) is 0 Å². The fourth-order valence-electron chi connectivity index (χ4n) is 4.75. The molecule has 134 valence electrons. The van der Waals surface area contributed by atoms with Gasteiger partial charge in [0.15, 0.2) is 0 Å². The topological polar surface area (TPSA) is 57.7 Å². The number of pyridine rings is 1. The lowest BCUT2D eigenvalue weighted by atomic mass is 9.84. The van der Waals surface area contributed by atoms with Gasteiger partial charge in [-0.15, -0.1) is 11.3 Å². The zero-order valence-electron chi connectivity index (χ0n) is 15.1. The Kier molecular flexibility index (Phi) is 3.95. The Bertz CT molecular complexity index is 983. The standard InChI is InChI=1S/C20H23N5S/c1-24-11-14(12-24)20-23-17-10-22-16-7-9-26-19(16)18(17)25(20)15-4-2-13(3-5-15)6-8-21/h7,9-10,13-15H,2-6,11-12H2,1H3. The number of fused-ring (bicyclic) bond motifs is 3. The van der Waals surface area contributed by atoms with Gasteiger partial charge in [-0.3, -0.25) is 4.98 Å². The quantitative estimate of drug-likeness (QED) is 0.693. The van der Waals surface area contributed by atoms with Crippen molar-refractivity contribution in [3.8, 4) is 6.07 Å². The highest BCUT2D eigenvalue weighted by molar-refractivity contribution is 7.18. The average molecular weight is 366 g/mol. The number of nitriles is 1. The van der Waals surface area contributed by atoms with E-state index in [-0.39, 0.29) is 0 Å². The maximum absolute atomic E-state index is 9.01. The van der Waals surface area contributed by atoms with Gasteiger partial charge in [-0.25, -0.2) is 4.98 Å². The van der Waals surface area contributed by atoms with Gasteiger partial charge < -0.3 is 9.47 Å². The van der Waals surface area contributed by atoms with Crippen molar-refractivity contribution in [2.45, 2.75) is 44.1 Å². The van der Waals surface area contributed by atoms with Gasteiger partial charge >= 0.3 is 0 Å². The van der Waals surface area contributed by atoms with Crippen molar-refractivity contribution in [3.63, 3.8) is 0 Å². The molecule has 26 heavy (non-hydrogen) atoms. The van der Waals surface area contributed by atoms with Crippen LogP contribution in [0.5, 0.6) is 0 Å². The van der Waals surface area contributed by atoms with Crippen molar-refractivity contribution < 1.29 is 0 Å². The molecule has 0 unspecified atom stereocenters. The Morgan fingerprint density at radius 2 is 2.04 bits per heavy atom. The van der Waals surface area contributed by atoms with Crippen molar-refractivity contribution in [3.05, 3.63) is 23.5 Å². The SMILES string of the molecule is CN1CC(c2nc3cnc4ccsc4c3n2C2CCC(CC#N)CC2)C1. The molecule has 5 nitrogen and oxygen atoms in total. The van der Waals surface area contributed by atoms with Crippen LogP contribution in [-0.2, 0) is 0 Å². The fourth-order valence-corrected chi connectivity index (χ4v) is 5.64. The Hall–Kier alpha value is -1.97. The van der Waals surface area contributed by atoms with E-state index < -0.39 is 0 Å². The minimum Gasteiger partial charge on any atom is -0.323 e. The number of hydrogen-bond donors (Lipinski definition) is 0. The number of hydrogen-bond acceptors (Lipinski definition) is 5. The monoisotopic (exact) mass is 365 g/mol. The highest BCUT2D eigenvalue weighted by Gasteiger charge is 2.34. The van der Waals surface area contributed by atoms with Crippen LogP contribution < -0.4 is 0 Å². The second kappa shape index (κ2) is 6.33. The molecule has 1 aliphatic heterocycles. The average Bonchev–Trinajstić information content (AvgIpc) is 3.23. The lowest BCUT2D eigenvalue weighted by molar-refractivity contribution is 0.174. The number of thiophene rings is 1. The molecule has 1 saturated heterocycles. The molecule has 0 N–H and O–H groups in total. The van der Waals surface area contributed by atoms with Gasteiger partial charge in [0.25, 0.3) is 0 Å². The first kappa shape index (κ1) is 16.2. The minimum atomic E-state index is 0.503. The highest BCUT2D eigenvalue weighted by atomic mass is 32.1. The van der Waals surface area contributed by atoms with E-state index in [0.29, 0.717) is 24.3 Å². The molecule has 2 fully saturated rings. The summed E-state index contributed by atoms with van der Waals surface area (Å²) in [5.41, 5.74) is 3.42. The van der Waals surface area contributed by atoms with Crippen LogP contribution in [0.2, 0.25) is 0 Å². The first-order valence-corrected chi connectivity index (χ1v) is 10.4. The van der Waals surface area contributed by atoms with Crippen molar-refractivity contribution in [2.24, 2.45) is 5.92 Å². The molecule has 6 heteroatoms. The number of likely N-dealkylation sites (tertiary alicyclic amines) is 1. The minimum absolute atomic E-state index is 0.503. The van der Waals surface area contributed by atoms with Crippen LogP contribution in [0.15, 0.2) is 17.6 Å². The van der Waals surface area contributed by atoms with Crippen LogP contribution in [0.3, 0.4) is 0 Å².